The maximum absolute atomic E-state index is 12.4. The number of halogens is 1. The van der Waals surface area contributed by atoms with Crippen LogP contribution in [0.4, 0.5) is 5.69 Å². The molecule has 1 aliphatic heterocycles. The van der Waals surface area contributed by atoms with Crippen LogP contribution >= 0.6 is 22.9 Å². The number of H-pyrrole nitrogens is 1. The zero-order chi connectivity index (χ0) is 18.1. The monoisotopic (exact) mass is 390 g/mol. The Morgan fingerprint density at radius 3 is 2.96 bits per heavy atom. The fourth-order valence-electron chi connectivity index (χ4n) is 2.96. The summed E-state index contributed by atoms with van der Waals surface area (Å²) < 4.78 is 5.37. The van der Waals surface area contributed by atoms with Gasteiger partial charge in [0, 0.05) is 18.8 Å². The minimum absolute atomic E-state index is 0.194. The average molecular weight is 391 g/mol. The number of ether oxygens (including phenoxy) is 1. The van der Waals surface area contributed by atoms with Gasteiger partial charge in [-0.05, 0) is 36.1 Å². The highest BCUT2D eigenvalue weighted by atomic mass is 35.5. The Morgan fingerprint density at radius 2 is 2.23 bits per heavy atom. The maximum atomic E-state index is 12.4. The third kappa shape index (κ3) is 3.61. The number of carbonyl (C=O) groups is 1. The largest absolute Gasteiger partial charge is 0.379 e. The van der Waals surface area contributed by atoms with Crippen LogP contribution in [0.5, 0.6) is 0 Å². The summed E-state index contributed by atoms with van der Waals surface area (Å²) in [6, 6.07) is 5.66. The lowest BCUT2D eigenvalue weighted by molar-refractivity contribution is 0.0332. The number of nitrogens with one attached hydrogen (secondary N) is 2. The topological polar surface area (TPSA) is 70.2 Å². The Labute approximate surface area is 160 Å². The van der Waals surface area contributed by atoms with E-state index in [2.05, 4.69) is 20.2 Å². The molecule has 1 aromatic carbocycles. The Bertz CT molecular complexity index is 946. The van der Waals surface area contributed by atoms with Crippen LogP contribution < -0.4 is 5.32 Å². The van der Waals surface area contributed by atoms with Crippen molar-refractivity contribution in [3.63, 3.8) is 0 Å². The number of aryl methyl sites for hydroxylation is 1. The molecule has 0 spiro atoms. The van der Waals surface area contributed by atoms with Gasteiger partial charge in [-0.3, -0.25) is 9.69 Å². The van der Waals surface area contributed by atoms with Crippen molar-refractivity contribution in [2.45, 2.75) is 13.5 Å². The molecule has 1 amide bonds. The van der Waals surface area contributed by atoms with Crippen LogP contribution in [-0.2, 0) is 11.3 Å². The number of morpholine rings is 1. The summed E-state index contributed by atoms with van der Waals surface area (Å²) in [6.07, 6.45) is 0. The van der Waals surface area contributed by atoms with E-state index in [4.69, 9.17) is 16.3 Å². The Kier molecular flexibility index (Phi) is 4.95. The highest BCUT2D eigenvalue weighted by Gasteiger charge is 2.16. The number of rotatable bonds is 4. The molecule has 2 N–H and O–H groups in total. The lowest BCUT2D eigenvalue weighted by Crippen LogP contribution is -2.35. The van der Waals surface area contributed by atoms with Crippen LogP contribution in [0.25, 0.3) is 11.0 Å². The molecule has 0 radical (unpaired) electrons. The molecule has 0 saturated carbocycles. The van der Waals surface area contributed by atoms with Gasteiger partial charge in [0.2, 0.25) is 0 Å². The van der Waals surface area contributed by atoms with Gasteiger partial charge in [0.1, 0.15) is 10.7 Å². The van der Waals surface area contributed by atoms with Crippen LogP contribution in [0.3, 0.4) is 0 Å². The van der Waals surface area contributed by atoms with E-state index in [1.54, 1.807) is 0 Å². The number of anilines is 1. The maximum Gasteiger partial charge on any atom is 0.267 e. The molecule has 6 nitrogen and oxygen atoms in total. The number of hydrogen-bond donors (Lipinski definition) is 2. The predicted molar refractivity (Wildman–Crippen MR) is 104 cm³/mol. The molecule has 4 rings (SSSR count). The number of carbonyl (C=O) groups excluding carboxylic acids is 1. The van der Waals surface area contributed by atoms with Gasteiger partial charge in [0.05, 0.1) is 35.8 Å². The van der Waals surface area contributed by atoms with Gasteiger partial charge in [0.15, 0.2) is 0 Å². The third-order valence-electron chi connectivity index (χ3n) is 4.37. The molecule has 0 bridgehead atoms. The van der Waals surface area contributed by atoms with Gasteiger partial charge in [-0.1, -0.05) is 11.6 Å². The normalized spacial score (nSPS) is 15.5. The zero-order valence-corrected chi connectivity index (χ0v) is 15.9. The van der Waals surface area contributed by atoms with Crippen molar-refractivity contribution in [3.8, 4) is 0 Å². The molecule has 1 aliphatic rings. The highest BCUT2D eigenvalue weighted by Crippen LogP contribution is 2.28. The molecule has 0 atom stereocenters. The molecule has 26 heavy (non-hydrogen) atoms. The first kappa shape index (κ1) is 17.5. The molecule has 0 aliphatic carbocycles. The second-order valence-corrected chi connectivity index (χ2v) is 7.58. The quantitative estimate of drug-likeness (QED) is 0.713. The Morgan fingerprint density at radius 1 is 1.42 bits per heavy atom. The van der Waals surface area contributed by atoms with Gasteiger partial charge in [-0.15, -0.1) is 11.3 Å². The van der Waals surface area contributed by atoms with Crippen LogP contribution in [0.15, 0.2) is 23.6 Å². The third-order valence-corrected chi connectivity index (χ3v) is 6.07. The number of aromatic amines is 1. The molecule has 3 aromatic rings. The first-order valence-electron chi connectivity index (χ1n) is 8.44. The molecule has 1 fully saturated rings. The number of thiophene rings is 1. The van der Waals surface area contributed by atoms with E-state index < -0.39 is 0 Å². The molecule has 1 saturated heterocycles. The van der Waals surface area contributed by atoms with Crippen LogP contribution in [0, 0.1) is 6.92 Å². The second-order valence-electron chi connectivity index (χ2n) is 6.32. The smallest absolute Gasteiger partial charge is 0.267 e. The van der Waals surface area contributed by atoms with E-state index in [0.29, 0.717) is 15.6 Å². The number of imidazole rings is 1. The molecular weight excluding hydrogens is 372 g/mol. The van der Waals surface area contributed by atoms with Crippen molar-refractivity contribution >= 4 is 45.6 Å². The number of aromatic nitrogens is 2. The van der Waals surface area contributed by atoms with Gasteiger partial charge < -0.3 is 15.0 Å². The summed E-state index contributed by atoms with van der Waals surface area (Å²) in [5, 5.41) is 5.31. The van der Waals surface area contributed by atoms with Crippen LogP contribution in [0.2, 0.25) is 5.02 Å². The molecule has 2 aromatic heterocycles. The van der Waals surface area contributed by atoms with Crippen molar-refractivity contribution in [3.05, 3.63) is 44.9 Å². The van der Waals surface area contributed by atoms with Crippen molar-refractivity contribution in [1.29, 1.82) is 0 Å². The molecular formula is C18H19ClN4O2S. The average Bonchev–Trinajstić information content (AvgIpc) is 3.18. The summed E-state index contributed by atoms with van der Waals surface area (Å²) in [5.74, 6) is 0.725. The van der Waals surface area contributed by atoms with Crippen molar-refractivity contribution in [1.82, 2.24) is 14.9 Å². The number of amides is 1. The summed E-state index contributed by atoms with van der Waals surface area (Å²) in [4.78, 5) is 23.2. The lowest BCUT2D eigenvalue weighted by Gasteiger charge is -2.25. The molecule has 0 unspecified atom stereocenters. The first-order valence-corrected chi connectivity index (χ1v) is 9.69. The lowest BCUT2D eigenvalue weighted by atomic mass is 10.2. The van der Waals surface area contributed by atoms with Crippen LogP contribution in [0.1, 0.15) is 21.1 Å². The van der Waals surface area contributed by atoms with Gasteiger partial charge >= 0.3 is 0 Å². The minimum Gasteiger partial charge on any atom is -0.379 e. The molecule has 136 valence electrons. The van der Waals surface area contributed by atoms with E-state index in [1.165, 1.54) is 11.3 Å². The first-order chi connectivity index (χ1) is 12.6. The predicted octanol–water partition coefficient (Wildman–Crippen LogP) is 3.67. The summed E-state index contributed by atoms with van der Waals surface area (Å²) in [7, 11) is 0. The Hall–Kier alpha value is -1.93. The number of fused-ring (bicyclic) bond motifs is 1. The molecule has 8 heteroatoms. The van der Waals surface area contributed by atoms with Gasteiger partial charge in [0.25, 0.3) is 5.91 Å². The van der Waals surface area contributed by atoms with E-state index in [-0.39, 0.29) is 5.91 Å². The van der Waals surface area contributed by atoms with E-state index in [9.17, 15) is 4.79 Å². The number of hydrogen-bond acceptors (Lipinski definition) is 5. The summed E-state index contributed by atoms with van der Waals surface area (Å²) >= 11 is 7.53. The van der Waals surface area contributed by atoms with Gasteiger partial charge in [-0.25, -0.2) is 4.98 Å². The minimum atomic E-state index is -0.194. The van der Waals surface area contributed by atoms with Crippen molar-refractivity contribution in [2.24, 2.45) is 0 Å². The van der Waals surface area contributed by atoms with E-state index in [0.717, 1.165) is 55.3 Å². The SMILES string of the molecule is Cc1csc(C(=O)Nc2ccc3nc(CN4CCOCC4)[nH]c3c2)c1Cl. The van der Waals surface area contributed by atoms with E-state index >= 15 is 0 Å². The summed E-state index contributed by atoms with van der Waals surface area (Å²) in [5.41, 5.74) is 3.42. The van der Waals surface area contributed by atoms with Crippen molar-refractivity contribution < 1.29 is 9.53 Å². The number of benzene rings is 1. The highest BCUT2D eigenvalue weighted by molar-refractivity contribution is 7.13. The Balaban J connectivity index is 1.50. The fourth-order valence-corrected chi connectivity index (χ4v) is 4.13. The zero-order valence-electron chi connectivity index (χ0n) is 14.3. The van der Waals surface area contributed by atoms with Gasteiger partial charge in [-0.2, -0.15) is 0 Å². The summed E-state index contributed by atoms with van der Waals surface area (Å²) in [6.45, 7) is 6.02. The van der Waals surface area contributed by atoms with Crippen LogP contribution in [-0.4, -0.2) is 47.1 Å². The fraction of sp³-hybridized carbons (Fsp3) is 0.333. The van der Waals surface area contributed by atoms with E-state index in [1.807, 2.05) is 30.5 Å². The standard InChI is InChI=1S/C18H19ClN4O2S/c1-11-10-26-17(16(11)19)18(24)20-12-2-3-13-14(8-12)22-15(21-13)9-23-4-6-25-7-5-23/h2-3,8,10H,4-7,9H2,1H3,(H,20,24)(H,21,22). The second kappa shape index (κ2) is 7.36. The van der Waals surface area contributed by atoms with Crippen molar-refractivity contribution in [2.75, 3.05) is 31.6 Å². The molecule has 3 heterocycles. The number of nitrogens with zero attached hydrogens (tertiary/aromatic N) is 2.